The maximum atomic E-state index is 11.6. The molecule has 5 nitrogen and oxygen atoms in total. The number of aromatic nitrogens is 2. The first-order valence-electron chi connectivity index (χ1n) is 11.0. The molecule has 1 atom stereocenters. The summed E-state index contributed by atoms with van der Waals surface area (Å²) >= 11 is 1.40. The molecule has 1 heterocycles. The first-order valence-corrected chi connectivity index (χ1v) is 11.7. The van der Waals surface area contributed by atoms with Gasteiger partial charge in [-0.2, -0.15) is 5.10 Å². The zero-order valence-electron chi connectivity index (χ0n) is 19.9. The highest BCUT2D eigenvalue weighted by Gasteiger charge is 2.11. The van der Waals surface area contributed by atoms with E-state index in [0.717, 1.165) is 33.5 Å². The largest absolute Gasteiger partial charge is 0.421 e. The summed E-state index contributed by atoms with van der Waals surface area (Å²) in [6, 6.07) is 26.5. The smallest absolute Gasteiger partial charge is 0.274 e. The van der Waals surface area contributed by atoms with Gasteiger partial charge in [-0.1, -0.05) is 55.5 Å². The van der Waals surface area contributed by atoms with Crippen molar-refractivity contribution in [3.8, 4) is 5.75 Å². The van der Waals surface area contributed by atoms with Gasteiger partial charge in [0.1, 0.15) is 5.75 Å². The van der Waals surface area contributed by atoms with Gasteiger partial charge in [-0.3, -0.25) is 4.79 Å². The Morgan fingerprint density at radius 2 is 1.55 bits per heavy atom. The molecule has 0 spiro atoms. The summed E-state index contributed by atoms with van der Waals surface area (Å²) in [5, 5.41) is 5.78. The Hall–Kier alpha value is -3.09. The molecule has 0 saturated carbocycles. The van der Waals surface area contributed by atoms with Crippen molar-refractivity contribution in [3.63, 3.8) is 0 Å². The Labute approximate surface area is 200 Å². The van der Waals surface area contributed by atoms with Crippen LogP contribution in [0.15, 0.2) is 88.6 Å². The van der Waals surface area contributed by atoms with Gasteiger partial charge in [0.15, 0.2) is 0 Å². The Morgan fingerprint density at radius 1 is 0.939 bits per heavy atom. The molecule has 1 aromatic heterocycles. The molecule has 6 heteroatoms. The molecule has 0 aliphatic heterocycles. The molecule has 0 aliphatic rings. The lowest BCUT2D eigenvalue weighted by Crippen LogP contribution is -2.20. The molecule has 4 aromatic rings. The normalized spacial score (nSPS) is 11.7. The van der Waals surface area contributed by atoms with Crippen LogP contribution in [0, 0.1) is 6.92 Å². The lowest BCUT2D eigenvalue weighted by molar-refractivity contribution is 0.292. The van der Waals surface area contributed by atoms with Gasteiger partial charge in [0.2, 0.25) is 0 Å². The number of fused-ring (bicyclic) bond motifs is 1. The van der Waals surface area contributed by atoms with E-state index in [1.807, 2.05) is 61.5 Å². The monoisotopic (exact) mass is 461 g/mol. The Kier molecular flexibility index (Phi) is 8.69. The summed E-state index contributed by atoms with van der Waals surface area (Å²) < 4.78 is 7.05. The van der Waals surface area contributed by atoms with Crippen molar-refractivity contribution in [2.45, 2.75) is 31.2 Å². The van der Waals surface area contributed by atoms with Crippen LogP contribution in [0.1, 0.15) is 30.6 Å². The number of benzene rings is 3. The van der Waals surface area contributed by atoms with Crippen LogP contribution >= 0.6 is 12.0 Å². The van der Waals surface area contributed by atoms with Crippen LogP contribution in [0.2, 0.25) is 0 Å². The van der Waals surface area contributed by atoms with E-state index in [1.54, 1.807) is 7.05 Å². The molecule has 0 fully saturated rings. The van der Waals surface area contributed by atoms with E-state index in [2.05, 4.69) is 55.3 Å². The van der Waals surface area contributed by atoms with E-state index in [0.29, 0.717) is 6.04 Å². The minimum atomic E-state index is -0.0406. The van der Waals surface area contributed by atoms with Crippen LogP contribution in [0.25, 0.3) is 10.8 Å². The van der Waals surface area contributed by atoms with Crippen molar-refractivity contribution in [1.82, 2.24) is 14.7 Å². The summed E-state index contributed by atoms with van der Waals surface area (Å²) in [5.74, 6) is 0.876. The van der Waals surface area contributed by atoms with Crippen molar-refractivity contribution in [2.75, 3.05) is 14.1 Å². The van der Waals surface area contributed by atoms with Crippen LogP contribution in [0.3, 0.4) is 0 Å². The zero-order valence-corrected chi connectivity index (χ0v) is 20.7. The van der Waals surface area contributed by atoms with Crippen molar-refractivity contribution < 1.29 is 4.18 Å². The predicted molar refractivity (Wildman–Crippen MR) is 138 cm³/mol. The second-order valence-corrected chi connectivity index (χ2v) is 8.80. The van der Waals surface area contributed by atoms with Gasteiger partial charge in [-0.25, -0.2) is 4.68 Å². The maximum absolute atomic E-state index is 11.6. The standard InChI is InChI=1S/C17H21NOS.C10H10N2O/c1-4-17(18(2)3)14-10-12-16(13-11-14)20-19-15-8-6-5-7-9-15;1-7-8-5-3-4-6-9(8)10(13)12(2)11-7/h5-13,17H,4H2,1-3H3;3-6H,1-2H3. The average Bonchev–Trinajstić information content (AvgIpc) is 2.83. The predicted octanol–water partition coefficient (Wildman–Crippen LogP) is 6.03. The minimum absolute atomic E-state index is 0.0406. The summed E-state index contributed by atoms with van der Waals surface area (Å²) in [5.41, 5.74) is 2.19. The first kappa shape index (κ1) is 24.6. The van der Waals surface area contributed by atoms with Gasteiger partial charge in [0.05, 0.1) is 23.1 Å². The summed E-state index contributed by atoms with van der Waals surface area (Å²) in [7, 11) is 5.91. The van der Waals surface area contributed by atoms with E-state index in [1.165, 1.54) is 22.3 Å². The summed E-state index contributed by atoms with van der Waals surface area (Å²) in [6.07, 6.45) is 1.11. The Morgan fingerprint density at radius 3 is 2.15 bits per heavy atom. The highest BCUT2D eigenvalue weighted by Crippen LogP contribution is 2.27. The molecule has 0 radical (unpaired) electrons. The van der Waals surface area contributed by atoms with Crippen molar-refractivity contribution >= 4 is 22.8 Å². The number of rotatable bonds is 6. The lowest BCUT2D eigenvalue weighted by atomic mass is 10.0. The molecular weight excluding hydrogens is 430 g/mol. The van der Waals surface area contributed by atoms with Gasteiger partial charge in [-0.05, 0) is 63.3 Å². The lowest BCUT2D eigenvalue weighted by Gasteiger charge is -2.23. The van der Waals surface area contributed by atoms with Crippen LogP contribution in [0.4, 0.5) is 0 Å². The van der Waals surface area contributed by atoms with Gasteiger partial charge in [0.25, 0.3) is 5.56 Å². The fraction of sp³-hybridized carbons (Fsp3) is 0.259. The molecule has 33 heavy (non-hydrogen) atoms. The Balaban J connectivity index is 0.000000203. The molecule has 0 amide bonds. The third kappa shape index (κ3) is 6.46. The van der Waals surface area contributed by atoms with Crippen LogP contribution in [-0.2, 0) is 7.05 Å². The highest BCUT2D eigenvalue weighted by atomic mass is 32.2. The van der Waals surface area contributed by atoms with Gasteiger partial charge >= 0.3 is 0 Å². The average molecular weight is 462 g/mol. The number of para-hydroxylation sites is 1. The second kappa shape index (κ2) is 11.7. The Bertz CT molecular complexity index is 1220. The molecule has 3 aromatic carbocycles. The number of hydrogen-bond acceptors (Lipinski definition) is 5. The molecule has 0 N–H and O–H groups in total. The minimum Gasteiger partial charge on any atom is -0.421 e. The van der Waals surface area contributed by atoms with Crippen LogP contribution in [0.5, 0.6) is 5.75 Å². The van der Waals surface area contributed by atoms with Crippen molar-refractivity contribution in [3.05, 3.63) is 100 Å². The summed E-state index contributed by atoms with van der Waals surface area (Å²) in [4.78, 5) is 15.0. The van der Waals surface area contributed by atoms with Crippen molar-refractivity contribution in [2.24, 2.45) is 7.05 Å². The van der Waals surface area contributed by atoms with Gasteiger partial charge in [0, 0.05) is 23.4 Å². The van der Waals surface area contributed by atoms with Gasteiger partial charge in [-0.15, -0.1) is 0 Å². The number of nitrogens with zero attached hydrogens (tertiary/aromatic N) is 3. The third-order valence-corrected chi connectivity index (χ3v) is 6.13. The maximum Gasteiger partial charge on any atom is 0.274 e. The molecule has 4 rings (SSSR count). The van der Waals surface area contributed by atoms with Gasteiger partial charge < -0.3 is 9.08 Å². The van der Waals surface area contributed by atoms with E-state index < -0.39 is 0 Å². The molecule has 0 saturated heterocycles. The van der Waals surface area contributed by atoms with Crippen LogP contribution in [-0.4, -0.2) is 28.8 Å². The van der Waals surface area contributed by atoms with Crippen molar-refractivity contribution in [1.29, 1.82) is 0 Å². The van der Waals surface area contributed by atoms with Crippen LogP contribution < -0.4 is 9.74 Å². The second-order valence-electron chi connectivity index (χ2n) is 8.00. The third-order valence-electron chi connectivity index (χ3n) is 5.39. The first-order chi connectivity index (χ1) is 15.9. The SMILES string of the molecule is CCC(c1ccc(SOc2ccccc2)cc1)N(C)C.Cc1nn(C)c(=O)c2ccccc12. The fourth-order valence-electron chi connectivity index (χ4n) is 3.70. The van der Waals surface area contributed by atoms with E-state index in [9.17, 15) is 4.79 Å². The molecule has 0 aliphatic carbocycles. The topological polar surface area (TPSA) is 47.4 Å². The highest BCUT2D eigenvalue weighted by molar-refractivity contribution is 7.95. The molecular formula is C27H31N3O2S. The van der Waals surface area contributed by atoms with E-state index >= 15 is 0 Å². The quantitative estimate of drug-likeness (QED) is 0.328. The summed E-state index contributed by atoms with van der Waals surface area (Å²) in [6.45, 7) is 4.12. The molecule has 1 unspecified atom stereocenters. The fourth-order valence-corrected chi connectivity index (χ4v) is 4.25. The molecule has 172 valence electrons. The number of aryl methyl sites for hydroxylation is 2. The van der Waals surface area contributed by atoms with E-state index in [-0.39, 0.29) is 5.56 Å². The molecule has 0 bridgehead atoms. The number of hydrogen-bond donors (Lipinski definition) is 0. The van der Waals surface area contributed by atoms with E-state index in [4.69, 9.17) is 4.18 Å². The zero-order chi connectivity index (χ0) is 23.8.